The van der Waals surface area contributed by atoms with Gasteiger partial charge in [-0.25, -0.2) is 4.79 Å². The molecule has 2 N–H and O–H groups in total. The van der Waals surface area contributed by atoms with E-state index in [1.165, 1.54) is 0 Å². The van der Waals surface area contributed by atoms with Gasteiger partial charge >= 0.3 is 12.1 Å². The number of ether oxygens (including phenoxy) is 2. The molecule has 0 aliphatic heterocycles. The summed E-state index contributed by atoms with van der Waals surface area (Å²) in [5, 5.41) is 5.52. The van der Waals surface area contributed by atoms with Crippen LogP contribution in [0.3, 0.4) is 0 Å². The van der Waals surface area contributed by atoms with E-state index in [1.54, 1.807) is 0 Å². The molecular formula is C23H41N3O5. The Morgan fingerprint density at radius 1 is 1.03 bits per heavy atom. The quantitative estimate of drug-likeness (QED) is 0.260. The van der Waals surface area contributed by atoms with Crippen molar-refractivity contribution in [2.75, 3.05) is 33.8 Å². The molecule has 0 aliphatic carbocycles. The van der Waals surface area contributed by atoms with Crippen molar-refractivity contribution < 1.29 is 23.9 Å². The number of nitrogens with one attached hydrogen (secondary N) is 2. The van der Waals surface area contributed by atoms with Gasteiger partial charge in [0.25, 0.3) is 0 Å². The number of hydrogen-bond acceptors (Lipinski definition) is 6. The number of amides is 2. The molecule has 0 aliphatic rings. The van der Waals surface area contributed by atoms with Gasteiger partial charge in [0.15, 0.2) is 0 Å². The molecule has 8 heteroatoms. The van der Waals surface area contributed by atoms with Crippen molar-refractivity contribution in [3.63, 3.8) is 0 Å². The Labute approximate surface area is 187 Å². The summed E-state index contributed by atoms with van der Waals surface area (Å²) in [6, 6.07) is -0.304. The summed E-state index contributed by atoms with van der Waals surface area (Å²) in [5.41, 5.74) is 0.403. The lowest BCUT2D eigenvalue weighted by Gasteiger charge is -2.23. The lowest BCUT2D eigenvalue weighted by Crippen LogP contribution is -2.44. The molecule has 0 aromatic rings. The summed E-state index contributed by atoms with van der Waals surface area (Å²) >= 11 is 0. The number of esters is 1. The molecule has 0 radical (unpaired) electrons. The normalized spacial score (nSPS) is 13.2. The Hall–Kier alpha value is -2.35. The third kappa shape index (κ3) is 15.2. The standard InChI is InChI=1S/C23H41N3O5/c1-8-12-18(9-2)17-30-20(27)14-16-24-21(28)19(26(6)7)13-10-11-15-25-22(29)31-23(3,4)5/h8-9,12,19H,10-11,13-17H2,1-7H3,(H,24,28)(H,25,29)/b12-8-,18-9+. The van der Waals surface area contributed by atoms with E-state index in [9.17, 15) is 14.4 Å². The number of alkyl carbamates (subject to hydrolysis) is 1. The predicted molar refractivity (Wildman–Crippen MR) is 123 cm³/mol. The number of likely N-dealkylation sites (N-methyl/N-ethyl adjacent to an activating group) is 1. The monoisotopic (exact) mass is 439 g/mol. The second-order valence-electron chi connectivity index (χ2n) is 8.47. The van der Waals surface area contributed by atoms with Crippen LogP contribution in [0, 0.1) is 0 Å². The van der Waals surface area contributed by atoms with Gasteiger partial charge in [-0.2, -0.15) is 0 Å². The van der Waals surface area contributed by atoms with E-state index in [2.05, 4.69) is 10.6 Å². The molecule has 0 fully saturated rings. The van der Waals surface area contributed by atoms with Gasteiger partial charge in [-0.3, -0.25) is 14.5 Å². The van der Waals surface area contributed by atoms with Crippen LogP contribution in [-0.2, 0) is 19.1 Å². The lowest BCUT2D eigenvalue weighted by molar-refractivity contribution is -0.142. The van der Waals surface area contributed by atoms with Crippen molar-refractivity contribution in [3.05, 3.63) is 23.8 Å². The average Bonchev–Trinajstić information content (AvgIpc) is 2.65. The molecule has 2 amide bonds. The smallest absolute Gasteiger partial charge is 0.407 e. The first-order valence-corrected chi connectivity index (χ1v) is 10.8. The first kappa shape index (κ1) is 28.6. The minimum Gasteiger partial charge on any atom is -0.461 e. The third-order valence-corrected chi connectivity index (χ3v) is 4.28. The SMILES string of the molecule is C/C=C\C(=C/C)COC(=O)CCNC(=O)C(CCCCNC(=O)OC(C)(C)C)N(C)C. The minimum absolute atomic E-state index is 0.124. The number of rotatable bonds is 13. The van der Waals surface area contributed by atoms with E-state index in [0.717, 1.165) is 18.4 Å². The van der Waals surface area contributed by atoms with Gasteiger partial charge < -0.3 is 20.1 Å². The Morgan fingerprint density at radius 2 is 1.71 bits per heavy atom. The number of carbonyl (C=O) groups is 3. The van der Waals surface area contributed by atoms with E-state index in [-0.39, 0.29) is 37.5 Å². The van der Waals surface area contributed by atoms with Crippen LogP contribution in [-0.4, -0.2) is 68.3 Å². The second kappa shape index (κ2) is 15.5. The van der Waals surface area contributed by atoms with E-state index in [0.29, 0.717) is 13.0 Å². The maximum atomic E-state index is 12.5. The Balaban J connectivity index is 4.19. The topological polar surface area (TPSA) is 97.0 Å². The molecule has 0 rings (SSSR count). The van der Waals surface area contributed by atoms with Gasteiger partial charge in [-0.05, 0) is 73.5 Å². The molecule has 0 spiro atoms. The van der Waals surface area contributed by atoms with Gasteiger partial charge in [0.2, 0.25) is 5.91 Å². The Kier molecular flexibility index (Phi) is 14.3. The fourth-order valence-corrected chi connectivity index (χ4v) is 2.67. The van der Waals surface area contributed by atoms with Crippen LogP contribution < -0.4 is 10.6 Å². The fraction of sp³-hybridized carbons (Fsp3) is 0.696. The maximum Gasteiger partial charge on any atom is 0.407 e. The Morgan fingerprint density at radius 3 is 2.26 bits per heavy atom. The fourth-order valence-electron chi connectivity index (χ4n) is 2.67. The molecule has 0 saturated carbocycles. The van der Waals surface area contributed by atoms with Crippen LogP contribution in [0.15, 0.2) is 23.8 Å². The zero-order chi connectivity index (χ0) is 23.9. The van der Waals surface area contributed by atoms with Crippen molar-refractivity contribution in [2.24, 2.45) is 0 Å². The molecule has 0 saturated heterocycles. The average molecular weight is 440 g/mol. The summed E-state index contributed by atoms with van der Waals surface area (Å²) < 4.78 is 10.4. The predicted octanol–water partition coefficient (Wildman–Crippen LogP) is 3.18. The van der Waals surface area contributed by atoms with Gasteiger partial charge in [0.05, 0.1) is 12.5 Å². The number of hydrogen-bond donors (Lipinski definition) is 2. The van der Waals surface area contributed by atoms with Crippen molar-refractivity contribution in [3.8, 4) is 0 Å². The molecule has 0 aromatic heterocycles. The molecule has 178 valence electrons. The van der Waals surface area contributed by atoms with Crippen molar-refractivity contribution in [1.82, 2.24) is 15.5 Å². The first-order valence-electron chi connectivity index (χ1n) is 10.8. The van der Waals surface area contributed by atoms with E-state index in [1.807, 2.05) is 71.8 Å². The molecular weight excluding hydrogens is 398 g/mol. The molecule has 1 atom stereocenters. The molecule has 8 nitrogen and oxygen atoms in total. The summed E-state index contributed by atoms with van der Waals surface area (Å²) in [6.07, 6.45) is 7.51. The number of carbonyl (C=O) groups excluding carboxylic acids is 3. The van der Waals surface area contributed by atoms with Gasteiger partial charge in [0.1, 0.15) is 12.2 Å². The van der Waals surface area contributed by atoms with Crippen LogP contribution in [0.25, 0.3) is 0 Å². The van der Waals surface area contributed by atoms with Crippen LogP contribution >= 0.6 is 0 Å². The van der Waals surface area contributed by atoms with Gasteiger partial charge in [0, 0.05) is 13.1 Å². The minimum atomic E-state index is -0.522. The largest absolute Gasteiger partial charge is 0.461 e. The first-order chi connectivity index (χ1) is 14.5. The second-order valence-corrected chi connectivity index (χ2v) is 8.47. The summed E-state index contributed by atoms with van der Waals surface area (Å²) in [5.74, 6) is -0.472. The molecule has 0 bridgehead atoms. The van der Waals surface area contributed by atoms with E-state index >= 15 is 0 Å². The van der Waals surface area contributed by atoms with Crippen molar-refractivity contribution in [1.29, 1.82) is 0 Å². The highest BCUT2D eigenvalue weighted by atomic mass is 16.6. The van der Waals surface area contributed by atoms with Crippen LogP contribution in [0.1, 0.15) is 60.3 Å². The van der Waals surface area contributed by atoms with E-state index < -0.39 is 11.7 Å². The lowest BCUT2D eigenvalue weighted by atomic mass is 10.1. The summed E-state index contributed by atoms with van der Waals surface area (Å²) in [7, 11) is 3.69. The third-order valence-electron chi connectivity index (χ3n) is 4.28. The molecule has 31 heavy (non-hydrogen) atoms. The van der Waals surface area contributed by atoms with Gasteiger partial charge in [-0.15, -0.1) is 0 Å². The highest BCUT2D eigenvalue weighted by molar-refractivity contribution is 5.82. The highest BCUT2D eigenvalue weighted by Crippen LogP contribution is 2.08. The molecule has 0 aromatic carbocycles. The van der Waals surface area contributed by atoms with Gasteiger partial charge in [-0.1, -0.05) is 18.2 Å². The van der Waals surface area contributed by atoms with Crippen LogP contribution in [0.5, 0.6) is 0 Å². The maximum absolute atomic E-state index is 12.5. The van der Waals surface area contributed by atoms with Crippen molar-refractivity contribution >= 4 is 18.0 Å². The summed E-state index contributed by atoms with van der Waals surface area (Å²) in [4.78, 5) is 37.8. The Bertz CT molecular complexity index is 621. The summed E-state index contributed by atoms with van der Waals surface area (Å²) in [6.45, 7) is 10.2. The van der Waals surface area contributed by atoms with Crippen molar-refractivity contribution in [2.45, 2.75) is 71.9 Å². The zero-order valence-corrected chi connectivity index (χ0v) is 20.2. The molecule has 1 unspecified atom stereocenters. The highest BCUT2D eigenvalue weighted by Gasteiger charge is 2.20. The van der Waals surface area contributed by atoms with Crippen LogP contribution in [0.2, 0.25) is 0 Å². The number of nitrogens with zero attached hydrogens (tertiary/aromatic N) is 1. The van der Waals surface area contributed by atoms with Crippen LogP contribution in [0.4, 0.5) is 4.79 Å². The zero-order valence-electron chi connectivity index (χ0n) is 20.2. The number of allylic oxidation sites excluding steroid dienone is 2. The number of unbranched alkanes of at least 4 members (excludes halogenated alkanes) is 1. The van der Waals surface area contributed by atoms with E-state index in [4.69, 9.17) is 9.47 Å². The molecule has 0 heterocycles.